The molecule has 0 aliphatic carbocycles. The van der Waals surface area contributed by atoms with Crippen LogP contribution in [0.25, 0.3) is 0 Å². The monoisotopic (exact) mass is 199 g/mol. The Morgan fingerprint density at radius 1 is 1.75 bits per heavy atom. The van der Waals surface area contributed by atoms with Crippen molar-refractivity contribution in [1.82, 2.24) is 4.57 Å². The highest BCUT2D eigenvalue weighted by atomic mass is 32.1. The summed E-state index contributed by atoms with van der Waals surface area (Å²) in [6.07, 6.45) is 2.00. The highest BCUT2D eigenvalue weighted by Crippen LogP contribution is 2.08. The van der Waals surface area contributed by atoms with Gasteiger partial charge in [0.15, 0.2) is 10.2 Å². The highest BCUT2D eigenvalue weighted by Gasteiger charge is 2.00. The molecule has 1 aromatic rings. The Labute approximate surface area is 78.0 Å². The second-order valence-corrected chi connectivity index (χ2v) is 3.48. The van der Waals surface area contributed by atoms with E-state index < -0.39 is 0 Å². The fourth-order valence-corrected chi connectivity index (χ4v) is 1.78. The summed E-state index contributed by atoms with van der Waals surface area (Å²) in [7, 11) is 0. The van der Waals surface area contributed by atoms with Crippen LogP contribution in [0, 0.1) is 3.95 Å². The lowest BCUT2D eigenvalue weighted by Gasteiger charge is -1.96. The fourth-order valence-electron chi connectivity index (χ4n) is 0.743. The zero-order valence-corrected chi connectivity index (χ0v) is 7.65. The van der Waals surface area contributed by atoms with E-state index in [1.165, 1.54) is 17.4 Å². The van der Waals surface area contributed by atoms with Crippen molar-refractivity contribution in [3.8, 4) is 0 Å². The molecular formula is C7H5NO2S2. The van der Waals surface area contributed by atoms with Crippen LogP contribution in [0.1, 0.15) is 10.5 Å². The Kier molecular flexibility index (Phi) is 3.10. The molecule has 0 radical (unpaired) electrons. The van der Waals surface area contributed by atoms with E-state index in [1.54, 1.807) is 15.9 Å². The number of hydrogen-bond acceptors (Lipinski definition) is 4. The van der Waals surface area contributed by atoms with Gasteiger partial charge in [-0.25, -0.2) is 4.79 Å². The van der Waals surface area contributed by atoms with Gasteiger partial charge in [-0.05, 0) is 12.2 Å². The topological polar surface area (TPSA) is 39.1 Å². The number of thiazole rings is 1. The zero-order chi connectivity index (χ0) is 8.97. The molecule has 1 aromatic heterocycles. The molecule has 5 heteroatoms. The summed E-state index contributed by atoms with van der Waals surface area (Å²) in [6, 6.07) is 0. The average Bonchev–Trinajstić information content (AvgIpc) is 2.43. The van der Waals surface area contributed by atoms with Crippen molar-refractivity contribution in [2.75, 3.05) is 0 Å². The Balaban J connectivity index is 3.09. The minimum absolute atomic E-state index is 0.319. The van der Waals surface area contributed by atoms with Crippen LogP contribution in [0.15, 0.2) is 11.5 Å². The molecule has 0 saturated carbocycles. The van der Waals surface area contributed by atoms with Gasteiger partial charge in [-0.15, -0.1) is 11.3 Å². The Bertz CT molecular complexity index is 384. The van der Waals surface area contributed by atoms with Gasteiger partial charge < -0.3 is 4.57 Å². The van der Waals surface area contributed by atoms with Gasteiger partial charge in [0.05, 0.1) is 12.2 Å². The van der Waals surface area contributed by atoms with Crippen LogP contribution in [0.2, 0.25) is 0 Å². The molecule has 0 unspecified atom stereocenters. The highest BCUT2D eigenvalue weighted by molar-refractivity contribution is 7.73. The van der Waals surface area contributed by atoms with E-state index in [0.717, 1.165) is 0 Å². The third-order valence-corrected chi connectivity index (χ3v) is 2.58. The first kappa shape index (κ1) is 9.06. The second kappa shape index (κ2) is 4.11. The molecule has 0 atom stereocenters. The van der Waals surface area contributed by atoms with Crippen LogP contribution in [0.4, 0.5) is 0 Å². The van der Waals surface area contributed by atoms with E-state index >= 15 is 0 Å². The molecule has 0 aliphatic heterocycles. The summed E-state index contributed by atoms with van der Waals surface area (Å²) in [5.74, 6) is 1.63. The molecule has 0 aromatic carbocycles. The number of nitrogens with zero attached hydrogens (tertiary/aromatic N) is 1. The maximum atomic E-state index is 10.4. The molecule has 1 rings (SSSR count). The van der Waals surface area contributed by atoms with Gasteiger partial charge in [0.25, 0.3) is 0 Å². The van der Waals surface area contributed by atoms with Gasteiger partial charge >= 0.3 is 0 Å². The van der Waals surface area contributed by atoms with Crippen LogP contribution in [-0.4, -0.2) is 16.8 Å². The number of aromatic nitrogens is 1. The van der Waals surface area contributed by atoms with Crippen LogP contribution in [-0.2, 0) is 11.3 Å². The van der Waals surface area contributed by atoms with Gasteiger partial charge in [-0.3, -0.25) is 4.79 Å². The van der Waals surface area contributed by atoms with E-state index in [1.807, 2.05) is 0 Å². The molecular weight excluding hydrogens is 194 g/mol. The average molecular weight is 199 g/mol. The normalized spacial score (nSPS) is 9.00. The molecule has 0 saturated heterocycles. The van der Waals surface area contributed by atoms with Crippen molar-refractivity contribution in [3.63, 3.8) is 0 Å². The first-order chi connectivity index (χ1) is 5.79. The molecule has 3 nitrogen and oxygen atoms in total. The van der Waals surface area contributed by atoms with Gasteiger partial charge in [0, 0.05) is 11.5 Å². The fraction of sp³-hybridized carbons (Fsp3) is 0.143. The summed E-state index contributed by atoms with van der Waals surface area (Å²) in [6.45, 7) is 0.319. The van der Waals surface area contributed by atoms with Gasteiger partial charge in [0.1, 0.15) is 5.94 Å². The van der Waals surface area contributed by atoms with Crippen LogP contribution in [0.5, 0.6) is 0 Å². The van der Waals surface area contributed by atoms with E-state index in [4.69, 9.17) is 12.2 Å². The quantitative estimate of drug-likeness (QED) is 0.420. The minimum Gasteiger partial charge on any atom is -0.316 e. The van der Waals surface area contributed by atoms with Crippen molar-refractivity contribution in [2.45, 2.75) is 6.54 Å². The molecule has 0 fully saturated rings. The van der Waals surface area contributed by atoms with Crippen LogP contribution < -0.4 is 0 Å². The van der Waals surface area contributed by atoms with Gasteiger partial charge in [0.2, 0.25) is 0 Å². The molecule has 62 valence electrons. The zero-order valence-electron chi connectivity index (χ0n) is 6.02. The predicted octanol–water partition coefficient (Wildman–Crippen LogP) is 1.48. The van der Waals surface area contributed by atoms with Crippen molar-refractivity contribution < 1.29 is 9.59 Å². The number of hydrogen-bond donors (Lipinski definition) is 0. The maximum Gasteiger partial charge on any atom is 0.167 e. The molecule has 0 bridgehead atoms. The summed E-state index contributed by atoms with van der Waals surface area (Å²) in [5.41, 5.74) is 0.497. The minimum atomic E-state index is 0.319. The third-order valence-electron chi connectivity index (χ3n) is 1.29. The van der Waals surface area contributed by atoms with Crippen LogP contribution in [0.3, 0.4) is 0 Å². The van der Waals surface area contributed by atoms with E-state index in [9.17, 15) is 9.59 Å². The number of carbonyl (C=O) groups is 1. The van der Waals surface area contributed by atoms with Crippen LogP contribution >= 0.6 is 23.6 Å². The summed E-state index contributed by atoms with van der Waals surface area (Å²) in [5, 5.41) is 1.66. The maximum absolute atomic E-state index is 10.4. The molecule has 1 heterocycles. The van der Waals surface area contributed by atoms with Crippen molar-refractivity contribution in [2.24, 2.45) is 0 Å². The lowest BCUT2D eigenvalue weighted by atomic mass is 10.5. The molecule has 0 N–H and O–H groups in total. The van der Waals surface area contributed by atoms with E-state index in [2.05, 4.69) is 0 Å². The Morgan fingerprint density at radius 3 is 3.08 bits per heavy atom. The number of rotatable bonds is 3. The predicted molar refractivity (Wildman–Crippen MR) is 48.8 cm³/mol. The molecule has 0 aliphatic rings. The van der Waals surface area contributed by atoms with E-state index in [-0.39, 0.29) is 0 Å². The number of allylic oxidation sites excluding steroid dienone is 1. The van der Waals surface area contributed by atoms with Crippen molar-refractivity contribution in [3.05, 3.63) is 21.1 Å². The number of carbonyl (C=O) groups excluding carboxylic acids is 2. The molecule has 12 heavy (non-hydrogen) atoms. The first-order valence-corrected chi connectivity index (χ1v) is 4.41. The number of aldehydes is 1. The molecule has 0 spiro atoms. The summed E-state index contributed by atoms with van der Waals surface area (Å²) < 4.78 is 2.17. The largest absolute Gasteiger partial charge is 0.316 e. The lowest BCUT2D eigenvalue weighted by Crippen LogP contribution is -1.99. The van der Waals surface area contributed by atoms with Crippen molar-refractivity contribution in [1.29, 1.82) is 0 Å². The molecule has 0 amide bonds. The SMILES string of the molecule is O=C=CCn1c(C=O)csc1=S. The lowest BCUT2D eigenvalue weighted by molar-refractivity contribution is 0.111. The Morgan fingerprint density at radius 2 is 2.50 bits per heavy atom. The smallest absolute Gasteiger partial charge is 0.167 e. The van der Waals surface area contributed by atoms with Gasteiger partial charge in [-0.1, -0.05) is 0 Å². The Hall–Kier alpha value is -1.03. The standard InChI is InChI=1S/C7H5NO2S2/c9-3-1-2-8-6(4-10)5-12-7(8)11/h1,4-5H,2H2. The summed E-state index contributed by atoms with van der Waals surface area (Å²) in [4.78, 5) is 20.3. The summed E-state index contributed by atoms with van der Waals surface area (Å²) >= 11 is 6.23. The van der Waals surface area contributed by atoms with E-state index in [0.29, 0.717) is 22.5 Å². The van der Waals surface area contributed by atoms with Crippen molar-refractivity contribution >= 4 is 35.8 Å². The van der Waals surface area contributed by atoms with Gasteiger partial charge in [-0.2, -0.15) is 0 Å². The second-order valence-electron chi connectivity index (χ2n) is 1.98. The first-order valence-electron chi connectivity index (χ1n) is 3.12. The third kappa shape index (κ3) is 1.76.